The summed E-state index contributed by atoms with van der Waals surface area (Å²) in [6.07, 6.45) is 2.81. The second kappa shape index (κ2) is 15.7. The summed E-state index contributed by atoms with van der Waals surface area (Å²) in [5.41, 5.74) is 2.48. The number of aromatic nitrogens is 2. The molecule has 11 heteroatoms. The highest BCUT2D eigenvalue weighted by atomic mass is 28.3. The molecule has 2 aliphatic rings. The van der Waals surface area contributed by atoms with Crippen molar-refractivity contribution in [3.63, 3.8) is 0 Å². The van der Waals surface area contributed by atoms with E-state index in [1.165, 1.54) is 4.57 Å². The standard InChI is InChI=1S/C37H46F3N3O4Si/c1-26-19-33(41-22-32(26)36-42-34(37(38,39)40)23-43(36)25-45-17-18-48(2,3)4)29-13-15-30(16-14-29)47-31-12-8-11-28(20-31)21-35(44)46-24-27-9-6-5-7-10-27/h5-7,9-10,13-16,22-23,26,28,31H,8,11-12,17-21,24-25H2,1-4H3/t26?,28?,31-/m1/s1. The van der Waals surface area contributed by atoms with Gasteiger partial charge in [0.2, 0.25) is 0 Å². The normalized spacial score (nSPS) is 20.2. The number of alkyl halides is 3. The van der Waals surface area contributed by atoms with Crippen LogP contribution in [0.5, 0.6) is 5.75 Å². The second-order valence-electron chi connectivity index (χ2n) is 14.2. The summed E-state index contributed by atoms with van der Waals surface area (Å²) in [4.78, 5) is 21.1. The van der Waals surface area contributed by atoms with Crippen molar-refractivity contribution in [3.8, 4) is 5.75 Å². The number of benzene rings is 2. The molecule has 1 aliphatic heterocycles. The van der Waals surface area contributed by atoms with Crippen LogP contribution in [0.15, 0.2) is 72.0 Å². The maximum absolute atomic E-state index is 13.6. The molecule has 0 spiro atoms. The fraction of sp³-hybridized carbons (Fsp3) is 0.486. The molecule has 3 atom stereocenters. The molecular formula is C37H46F3N3O4Si. The average molecular weight is 682 g/mol. The molecule has 0 bridgehead atoms. The van der Waals surface area contributed by atoms with E-state index in [1.54, 1.807) is 6.20 Å². The highest BCUT2D eigenvalue weighted by molar-refractivity contribution is 6.76. The van der Waals surface area contributed by atoms with Crippen LogP contribution in [0.3, 0.4) is 0 Å². The summed E-state index contributed by atoms with van der Waals surface area (Å²) >= 11 is 0. The Morgan fingerprint density at radius 2 is 1.79 bits per heavy atom. The smallest absolute Gasteiger partial charge is 0.434 e. The predicted molar refractivity (Wildman–Crippen MR) is 183 cm³/mol. The first-order chi connectivity index (χ1) is 22.8. The minimum absolute atomic E-state index is 0.00503. The molecule has 1 aliphatic carbocycles. The van der Waals surface area contributed by atoms with Crippen molar-refractivity contribution in [2.24, 2.45) is 16.8 Å². The average Bonchev–Trinajstić information content (AvgIpc) is 3.47. The van der Waals surface area contributed by atoms with Gasteiger partial charge in [0.25, 0.3) is 0 Å². The molecule has 2 heterocycles. The summed E-state index contributed by atoms with van der Waals surface area (Å²) in [5.74, 6) is 0.947. The SMILES string of the molecule is CC1CC(c2ccc(O[C@@H]3CCCC(CC(=O)OCc4ccccc4)C3)cc2)=NC=C1c1nc(C(F)(F)F)cn1COCC[Si](C)(C)C. The lowest BCUT2D eigenvalue weighted by Crippen LogP contribution is -2.27. The quantitative estimate of drug-likeness (QED) is 0.102. The summed E-state index contributed by atoms with van der Waals surface area (Å²) in [6.45, 7) is 9.46. The van der Waals surface area contributed by atoms with E-state index in [2.05, 4.69) is 29.6 Å². The Labute approximate surface area is 282 Å². The molecule has 1 aromatic heterocycles. The van der Waals surface area contributed by atoms with Gasteiger partial charge in [-0.3, -0.25) is 9.79 Å². The maximum Gasteiger partial charge on any atom is 0.434 e. The maximum atomic E-state index is 13.6. The van der Waals surface area contributed by atoms with Gasteiger partial charge in [0, 0.05) is 44.8 Å². The minimum atomic E-state index is -4.55. The zero-order valence-electron chi connectivity index (χ0n) is 28.3. The highest BCUT2D eigenvalue weighted by Gasteiger charge is 2.36. The third-order valence-corrected chi connectivity index (χ3v) is 10.6. The molecule has 5 rings (SSSR count). The summed E-state index contributed by atoms with van der Waals surface area (Å²) < 4.78 is 59.9. The monoisotopic (exact) mass is 681 g/mol. The summed E-state index contributed by atoms with van der Waals surface area (Å²) in [5, 5.41) is 0. The number of aliphatic imine (C=N–C) groups is 1. The number of hydrogen-bond acceptors (Lipinski definition) is 6. The van der Waals surface area contributed by atoms with Gasteiger partial charge < -0.3 is 18.8 Å². The van der Waals surface area contributed by atoms with Gasteiger partial charge in [-0.25, -0.2) is 4.98 Å². The van der Waals surface area contributed by atoms with Crippen LogP contribution in [-0.4, -0.2) is 42.0 Å². The first-order valence-corrected chi connectivity index (χ1v) is 20.5. The van der Waals surface area contributed by atoms with Gasteiger partial charge in [-0.2, -0.15) is 13.2 Å². The number of rotatable bonds is 13. The lowest BCUT2D eigenvalue weighted by Gasteiger charge is -2.29. The van der Waals surface area contributed by atoms with E-state index in [9.17, 15) is 18.0 Å². The van der Waals surface area contributed by atoms with Crippen LogP contribution in [0.4, 0.5) is 13.2 Å². The van der Waals surface area contributed by atoms with Gasteiger partial charge in [0.05, 0.1) is 6.10 Å². The van der Waals surface area contributed by atoms with Gasteiger partial charge in [0.1, 0.15) is 24.9 Å². The Bertz CT molecular complexity index is 1580. The Balaban J connectivity index is 1.18. The molecule has 3 aromatic rings. The minimum Gasteiger partial charge on any atom is -0.490 e. The van der Waals surface area contributed by atoms with Gasteiger partial charge in [-0.05, 0) is 85.4 Å². The van der Waals surface area contributed by atoms with Crippen molar-refractivity contribution >= 4 is 25.3 Å². The van der Waals surface area contributed by atoms with Crippen molar-refractivity contribution in [1.82, 2.24) is 9.55 Å². The lowest BCUT2D eigenvalue weighted by atomic mass is 9.85. The Kier molecular flexibility index (Phi) is 11.6. The van der Waals surface area contributed by atoms with Gasteiger partial charge in [0.15, 0.2) is 5.69 Å². The molecule has 258 valence electrons. The van der Waals surface area contributed by atoms with Crippen molar-refractivity contribution < 1.29 is 32.2 Å². The van der Waals surface area contributed by atoms with Crippen molar-refractivity contribution in [2.45, 2.75) is 96.8 Å². The topological polar surface area (TPSA) is 74.9 Å². The first-order valence-electron chi connectivity index (χ1n) is 16.8. The number of ether oxygens (including phenoxy) is 3. The zero-order valence-corrected chi connectivity index (χ0v) is 29.3. The third kappa shape index (κ3) is 10.2. The number of imidazole rings is 1. The molecule has 1 fully saturated rings. The molecule has 48 heavy (non-hydrogen) atoms. The Morgan fingerprint density at radius 1 is 1.04 bits per heavy atom. The van der Waals surface area contributed by atoms with E-state index in [4.69, 9.17) is 14.2 Å². The van der Waals surface area contributed by atoms with E-state index >= 15 is 0 Å². The van der Waals surface area contributed by atoms with Crippen LogP contribution >= 0.6 is 0 Å². The van der Waals surface area contributed by atoms with Crippen LogP contribution in [0.2, 0.25) is 25.7 Å². The molecule has 0 N–H and O–H groups in total. The number of halogens is 3. The fourth-order valence-electron chi connectivity index (χ4n) is 6.11. The fourth-order valence-corrected chi connectivity index (χ4v) is 6.86. The van der Waals surface area contributed by atoms with Gasteiger partial charge in [-0.15, -0.1) is 0 Å². The van der Waals surface area contributed by atoms with E-state index in [0.717, 1.165) is 60.5 Å². The molecule has 2 aromatic carbocycles. The van der Waals surface area contributed by atoms with Gasteiger partial charge in [-0.1, -0.05) is 56.9 Å². The van der Waals surface area contributed by atoms with E-state index in [0.29, 0.717) is 25.0 Å². The molecule has 7 nitrogen and oxygen atoms in total. The number of hydrogen-bond donors (Lipinski definition) is 0. The lowest BCUT2D eigenvalue weighted by molar-refractivity contribution is -0.146. The predicted octanol–water partition coefficient (Wildman–Crippen LogP) is 9.16. The summed E-state index contributed by atoms with van der Waals surface area (Å²) in [7, 11) is -1.33. The third-order valence-electron chi connectivity index (χ3n) is 8.86. The van der Waals surface area contributed by atoms with Crippen LogP contribution in [0, 0.1) is 11.8 Å². The Hall–Kier alpha value is -3.70. The number of nitrogens with zero attached hydrogens (tertiary/aromatic N) is 3. The molecule has 0 amide bonds. The molecule has 0 radical (unpaired) electrons. The van der Waals surface area contributed by atoms with Crippen molar-refractivity contribution in [3.05, 3.63) is 89.6 Å². The molecule has 0 saturated heterocycles. The van der Waals surface area contributed by atoms with Crippen LogP contribution < -0.4 is 4.74 Å². The van der Waals surface area contributed by atoms with Gasteiger partial charge >= 0.3 is 12.1 Å². The van der Waals surface area contributed by atoms with Crippen LogP contribution in [-0.2, 0) is 33.8 Å². The number of carbonyl (C=O) groups excluding carboxylic acids is 1. The van der Waals surface area contributed by atoms with Crippen molar-refractivity contribution in [1.29, 1.82) is 0 Å². The highest BCUT2D eigenvalue weighted by Crippen LogP contribution is 2.35. The van der Waals surface area contributed by atoms with E-state index in [-0.39, 0.29) is 43.1 Å². The molecule has 1 saturated carbocycles. The largest absolute Gasteiger partial charge is 0.490 e. The zero-order chi connectivity index (χ0) is 34.3. The number of esters is 1. The number of carbonyl (C=O) groups is 1. The number of allylic oxidation sites excluding steroid dienone is 1. The Morgan fingerprint density at radius 3 is 2.48 bits per heavy atom. The van der Waals surface area contributed by atoms with E-state index in [1.807, 2.05) is 61.5 Å². The molecule has 2 unspecified atom stereocenters. The van der Waals surface area contributed by atoms with E-state index < -0.39 is 19.9 Å². The van der Waals surface area contributed by atoms with Crippen LogP contribution in [0.25, 0.3) is 5.57 Å². The van der Waals surface area contributed by atoms with Crippen LogP contribution in [0.1, 0.15) is 68.1 Å². The first kappa shape index (κ1) is 35.6. The molecular weight excluding hydrogens is 636 g/mol. The second-order valence-corrected chi connectivity index (χ2v) is 19.8. The van der Waals surface area contributed by atoms with Crippen molar-refractivity contribution in [2.75, 3.05) is 6.61 Å². The summed E-state index contributed by atoms with van der Waals surface area (Å²) in [6, 6.07) is 18.4.